The van der Waals surface area contributed by atoms with Gasteiger partial charge < -0.3 is 4.90 Å². The molecule has 0 spiro atoms. The second-order valence-corrected chi connectivity index (χ2v) is 6.44. The number of amides is 1. The highest BCUT2D eigenvalue weighted by molar-refractivity contribution is 7.91. The highest BCUT2D eigenvalue weighted by Gasteiger charge is 2.25. The quantitative estimate of drug-likeness (QED) is 0.697. The summed E-state index contributed by atoms with van der Waals surface area (Å²) in [6.45, 7) is 0.432. The molecule has 1 fully saturated rings. The van der Waals surface area contributed by atoms with Crippen LogP contribution < -0.4 is 0 Å². The van der Waals surface area contributed by atoms with Crippen LogP contribution in [-0.4, -0.2) is 48.8 Å². The molecular weight excluding hydrogens is 259 g/mol. The van der Waals surface area contributed by atoms with Gasteiger partial charge in [-0.25, -0.2) is 13.4 Å². The van der Waals surface area contributed by atoms with Crippen molar-refractivity contribution in [3.05, 3.63) is 29.8 Å². The molecule has 1 amide bonds. The Morgan fingerprint density at radius 3 is 2.83 bits per heavy atom. The summed E-state index contributed by atoms with van der Waals surface area (Å²) < 4.78 is 36.2. The van der Waals surface area contributed by atoms with Crippen LogP contribution in [0.25, 0.3) is 0 Å². The molecule has 0 atom stereocenters. The van der Waals surface area contributed by atoms with Crippen molar-refractivity contribution in [2.24, 2.45) is 0 Å². The lowest BCUT2D eigenvalue weighted by molar-refractivity contribution is 0.0762. The van der Waals surface area contributed by atoms with Gasteiger partial charge in [-0.3, -0.25) is 4.79 Å². The molecule has 2 rings (SSSR count). The number of rotatable bonds is 1. The first-order valence-corrected chi connectivity index (χ1v) is 7.42. The van der Waals surface area contributed by atoms with Crippen LogP contribution in [0.4, 0.5) is 4.39 Å². The normalized spacial score (nSPS) is 19.3. The minimum atomic E-state index is -3.08. The maximum atomic E-state index is 13.4. The molecule has 0 N–H and O–H groups in total. The number of sulfone groups is 1. The van der Waals surface area contributed by atoms with Crippen LogP contribution in [0.2, 0.25) is 0 Å². The Morgan fingerprint density at radius 1 is 1.33 bits per heavy atom. The zero-order valence-corrected chi connectivity index (χ0v) is 10.5. The van der Waals surface area contributed by atoms with Gasteiger partial charge in [-0.2, -0.15) is 4.39 Å². The summed E-state index contributed by atoms with van der Waals surface area (Å²) in [5.74, 6) is -1.32. The van der Waals surface area contributed by atoms with Gasteiger partial charge in [0.2, 0.25) is 5.95 Å². The number of halogens is 1. The molecule has 0 bridgehead atoms. The van der Waals surface area contributed by atoms with Gasteiger partial charge in [-0.1, -0.05) is 0 Å². The van der Waals surface area contributed by atoms with E-state index in [2.05, 4.69) is 4.98 Å². The fourth-order valence-electron chi connectivity index (χ4n) is 1.86. The molecule has 18 heavy (non-hydrogen) atoms. The standard InChI is InChI=1S/C11H13FN2O3S/c12-10-9(3-1-4-13-10)11(15)14-5-2-7-18(16,17)8-6-14/h1,3-4H,2,5-8H2. The topological polar surface area (TPSA) is 67.3 Å². The van der Waals surface area contributed by atoms with Gasteiger partial charge in [0.1, 0.15) is 0 Å². The smallest absolute Gasteiger partial charge is 0.258 e. The number of nitrogens with zero attached hydrogens (tertiary/aromatic N) is 2. The average molecular weight is 272 g/mol. The largest absolute Gasteiger partial charge is 0.337 e. The highest BCUT2D eigenvalue weighted by Crippen LogP contribution is 2.11. The Kier molecular flexibility index (Phi) is 3.60. The van der Waals surface area contributed by atoms with Crippen LogP contribution in [0.3, 0.4) is 0 Å². The number of pyridine rings is 1. The molecule has 7 heteroatoms. The molecule has 1 aliphatic heterocycles. The highest BCUT2D eigenvalue weighted by atomic mass is 32.2. The van der Waals surface area contributed by atoms with E-state index in [9.17, 15) is 17.6 Å². The maximum absolute atomic E-state index is 13.4. The van der Waals surface area contributed by atoms with Crippen LogP contribution in [-0.2, 0) is 9.84 Å². The van der Waals surface area contributed by atoms with Gasteiger partial charge in [0.25, 0.3) is 5.91 Å². The molecule has 1 aromatic rings. The summed E-state index contributed by atoms with van der Waals surface area (Å²) in [4.78, 5) is 16.8. The number of hydrogen-bond acceptors (Lipinski definition) is 4. The van der Waals surface area contributed by atoms with E-state index in [0.717, 1.165) is 0 Å². The van der Waals surface area contributed by atoms with Crippen molar-refractivity contribution in [1.82, 2.24) is 9.88 Å². The van der Waals surface area contributed by atoms with Crippen molar-refractivity contribution in [1.29, 1.82) is 0 Å². The van der Waals surface area contributed by atoms with E-state index in [1.807, 2.05) is 0 Å². The minimum Gasteiger partial charge on any atom is -0.337 e. The van der Waals surface area contributed by atoms with E-state index < -0.39 is 21.7 Å². The Balaban J connectivity index is 2.17. The van der Waals surface area contributed by atoms with E-state index in [0.29, 0.717) is 13.0 Å². The van der Waals surface area contributed by atoms with Crippen LogP contribution in [0.15, 0.2) is 18.3 Å². The molecule has 0 radical (unpaired) electrons. The first-order valence-electron chi connectivity index (χ1n) is 5.60. The first-order chi connectivity index (χ1) is 8.49. The predicted molar refractivity (Wildman–Crippen MR) is 63.4 cm³/mol. The zero-order chi connectivity index (χ0) is 13.2. The summed E-state index contributed by atoms with van der Waals surface area (Å²) in [5.41, 5.74) is -0.114. The van der Waals surface area contributed by atoms with E-state index in [-0.39, 0.29) is 23.6 Å². The Morgan fingerprint density at radius 2 is 2.11 bits per heavy atom. The fraction of sp³-hybridized carbons (Fsp3) is 0.455. The fourth-order valence-corrected chi connectivity index (χ4v) is 3.13. The van der Waals surface area contributed by atoms with E-state index >= 15 is 0 Å². The lowest BCUT2D eigenvalue weighted by Gasteiger charge is -2.19. The van der Waals surface area contributed by atoms with Crippen LogP contribution >= 0.6 is 0 Å². The molecule has 1 saturated heterocycles. The molecule has 98 valence electrons. The monoisotopic (exact) mass is 272 g/mol. The first kappa shape index (κ1) is 12.9. The Bertz CT molecular complexity index is 559. The van der Waals surface area contributed by atoms with Crippen molar-refractivity contribution in [3.63, 3.8) is 0 Å². The second kappa shape index (κ2) is 5.01. The number of aromatic nitrogens is 1. The Labute approximate surface area is 105 Å². The van der Waals surface area contributed by atoms with Crippen molar-refractivity contribution >= 4 is 15.7 Å². The second-order valence-electron chi connectivity index (χ2n) is 4.14. The summed E-state index contributed by atoms with van der Waals surface area (Å²) in [7, 11) is -3.08. The third kappa shape index (κ3) is 2.84. The van der Waals surface area contributed by atoms with Gasteiger partial charge in [-0.15, -0.1) is 0 Å². The molecule has 2 heterocycles. The van der Waals surface area contributed by atoms with Gasteiger partial charge >= 0.3 is 0 Å². The number of carbonyl (C=O) groups is 1. The zero-order valence-electron chi connectivity index (χ0n) is 9.67. The lowest BCUT2D eigenvalue weighted by atomic mass is 10.2. The molecule has 1 aliphatic rings. The van der Waals surface area contributed by atoms with Gasteiger partial charge in [-0.05, 0) is 18.6 Å². The number of carbonyl (C=O) groups excluding carboxylic acids is 1. The molecule has 1 aromatic heterocycles. The lowest BCUT2D eigenvalue weighted by Crippen LogP contribution is -2.34. The van der Waals surface area contributed by atoms with E-state index in [1.54, 1.807) is 0 Å². The maximum Gasteiger partial charge on any atom is 0.258 e. The molecule has 0 aromatic carbocycles. The van der Waals surface area contributed by atoms with E-state index in [4.69, 9.17) is 0 Å². The summed E-state index contributed by atoms with van der Waals surface area (Å²) in [6, 6.07) is 2.83. The molecule has 0 saturated carbocycles. The van der Waals surface area contributed by atoms with Crippen LogP contribution in [0.5, 0.6) is 0 Å². The predicted octanol–water partition coefficient (Wildman–Crippen LogP) is 0.481. The van der Waals surface area contributed by atoms with Gasteiger partial charge in [0.15, 0.2) is 9.84 Å². The van der Waals surface area contributed by atoms with Crippen molar-refractivity contribution in [3.8, 4) is 0 Å². The summed E-state index contributed by atoms with van der Waals surface area (Å²) >= 11 is 0. The number of hydrogen-bond donors (Lipinski definition) is 0. The third-order valence-corrected chi connectivity index (χ3v) is 4.55. The van der Waals surface area contributed by atoms with Crippen LogP contribution in [0, 0.1) is 5.95 Å². The third-order valence-electron chi connectivity index (χ3n) is 2.83. The van der Waals surface area contributed by atoms with Gasteiger partial charge in [0.05, 0.1) is 17.1 Å². The SMILES string of the molecule is O=C(c1cccnc1F)N1CCCS(=O)(=O)CC1. The Hall–Kier alpha value is -1.50. The van der Waals surface area contributed by atoms with Crippen molar-refractivity contribution in [2.45, 2.75) is 6.42 Å². The molecular formula is C11H13FN2O3S. The van der Waals surface area contributed by atoms with Crippen LogP contribution in [0.1, 0.15) is 16.8 Å². The van der Waals surface area contributed by atoms with Crippen molar-refractivity contribution < 1.29 is 17.6 Å². The summed E-state index contributed by atoms with van der Waals surface area (Å²) in [6.07, 6.45) is 1.65. The minimum absolute atomic E-state index is 0.0688. The van der Waals surface area contributed by atoms with Gasteiger partial charge in [0, 0.05) is 19.3 Å². The molecule has 0 aliphatic carbocycles. The molecule has 5 nitrogen and oxygen atoms in total. The van der Waals surface area contributed by atoms with E-state index in [1.165, 1.54) is 23.2 Å². The summed E-state index contributed by atoms with van der Waals surface area (Å²) in [5, 5.41) is 0. The molecule has 0 unspecified atom stereocenters. The van der Waals surface area contributed by atoms with Crippen molar-refractivity contribution in [2.75, 3.05) is 24.6 Å². The average Bonchev–Trinajstić information content (AvgIpc) is 2.50.